The summed E-state index contributed by atoms with van der Waals surface area (Å²) >= 11 is 0. The Balaban J connectivity index is 1.55. The molecule has 3 N–H and O–H groups in total. The number of aromatic nitrogens is 3. The van der Waals surface area contributed by atoms with E-state index in [-0.39, 0.29) is 23.5 Å². The van der Waals surface area contributed by atoms with Crippen molar-refractivity contribution in [2.45, 2.75) is 6.54 Å². The summed E-state index contributed by atoms with van der Waals surface area (Å²) < 4.78 is 31.7. The van der Waals surface area contributed by atoms with E-state index in [1.54, 1.807) is 24.3 Å². The van der Waals surface area contributed by atoms with E-state index in [4.69, 9.17) is 10.5 Å². The standard InChI is InChI=1S/C19H20F2N6O/c1-27(9-10-28-16-4-2-3-14(21)11-16)12-17-24-18(22)26-19(25-17)23-15-7-5-13(20)6-8-15/h2-8,11H,9-10,12H2,1H3,(H3,22,23,24,25,26). The molecule has 146 valence electrons. The lowest BCUT2D eigenvalue weighted by Crippen LogP contribution is -2.25. The van der Waals surface area contributed by atoms with Crippen LogP contribution in [-0.4, -0.2) is 40.1 Å². The minimum atomic E-state index is -0.340. The second-order valence-corrected chi connectivity index (χ2v) is 6.11. The smallest absolute Gasteiger partial charge is 0.232 e. The fraction of sp³-hybridized carbons (Fsp3) is 0.211. The molecule has 1 aromatic heterocycles. The van der Waals surface area contributed by atoms with Gasteiger partial charge in [-0.15, -0.1) is 0 Å². The fourth-order valence-electron chi connectivity index (χ4n) is 2.42. The van der Waals surface area contributed by atoms with E-state index >= 15 is 0 Å². The van der Waals surface area contributed by atoms with Crippen molar-refractivity contribution in [3.8, 4) is 5.75 Å². The largest absolute Gasteiger partial charge is 0.492 e. The Morgan fingerprint density at radius 3 is 2.57 bits per heavy atom. The Labute approximate surface area is 161 Å². The number of rotatable bonds is 8. The molecule has 0 unspecified atom stereocenters. The molecule has 0 aliphatic carbocycles. The SMILES string of the molecule is CN(CCOc1cccc(F)c1)Cc1nc(N)nc(Nc2ccc(F)cc2)n1. The van der Waals surface area contributed by atoms with E-state index in [0.717, 1.165) is 0 Å². The fourth-order valence-corrected chi connectivity index (χ4v) is 2.42. The highest BCUT2D eigenvalue weighted by molar-refractivity contribution is 5.53. The predicted octanol–water partition coefficient (Wildman–Crippen LogP) is 2.99. The van der Waals surface area contributed by atoms with Gasteiger partial charge in [0.2, 0.25) is 11.9 Å². The molecule has 0 amide bonds. The molecule has 0 aliphatic rings. The maximum Gasteiger partial charge on any atom is 0.232 e. The summed E-state index contributed by atoms with van der Waals surface area (Å²) in [6, 6.07) is 11.8. The van der Waals surface area contributed by atoms with Gasteiger partial charge in [-0.3, -0.25) is 4.90 Å². The van der Waals surface area contributed by atoms with Crippen LogP contribution in [0.25, 0.3) is 0 Å². The lowest BCUT2D eigenvalue weighted by molar-refractivity contribution is 0.229. The van der Waals surface area contributed by atoms with E-state index in [1.807, 2.05) is 11.9 Å². The van der Waals surface area contributed by atoms with Gasteiger partial charge >= 0.3 is 0 Å². The number of benzene rings is 2. The van der Waals surface area contributed by atoms with Crippen molar-refractivity contribution < 1.29 is 13.5 Å². The molecule has 0 bridgehead atoms. The number of nitrogens with zero attached hydrogens (tertiary/aromatic N) is 4. The Hall–Kier alpha value is -3.33. The molecule has 0 radical (unpaired) electrons. The summed E-state index contributed by atoms with van der Waals surface area (Å²) in [7, 11) is 1.88. The van der Waals surface area contributed by atoms with Crippen molar-refractivity contribution in [3.05, 3.63) is 66.0 Å². The minimum Gasteiger partial charge on any atom is -0.492 e. The average Bonchev–Trinajstić information content (AvgIpc) is 2.63. The quantitative estimate of drug-likeness (QED) is 0.615. The summed E-state index contributed by atoms with van der Waals surface area (Å²) in [4.78, 5) is 14.4. The molecular weight excluding hydrogens is 366 g/mol. The van der Waals surface area contributed by atoms with Crippen LogP contribution in [0.1, 0.15) is 5.82 Å². The minimum absolute atomic E-state index is 0.0824. The van der Waals surface area contributed by atoms with E-state index in [0.29, 0.717) is 37.0 Å². The van der Waals surface area contributed by atoms with Crippen LogP contribution in [0.5, 0.6) is 5.75 Å². The molecule has 0 saturated heterocycles. The lowest BCUT2D eigenvalue weighted by atomic mass is 10.3. The third-order valence-electron chi connectivity index (χ3n) is 3.75. The highest BCUT2D eigenvalue weighted by atomic mass is 19.1. The third kappa shape index (κ3) is 5.85. The van der Waals surface area contributed by atoms with E-state index < -0.39 is 0 Å². The van der Waals surface area contributed by atoms with Crippen LogP contribution in [0, 0.1) is 11.6 Å². The molecule has 0 spiro atoms. The molecule has 28 heavy (non-hydrogen) atoms. The first-order chi connectivity index (χ1) is 13.5. The number of anilines is 3. The summed E-state index contributed by atoms with van der Waals surface area (Å²) in [6.45, 7) is 1.36. The predicted molar refractivity (Wildman–Crippen MR) is 102 cm³/mol. The van der Waals surface area contributed by atoms with Gasteiger partial charge < -0.3 is 15.8 Å². The first-order valence-corrected chi connectivity index (χ1v) is 8.58. The molecule has 7 nitrogen and oxygen atoms in total. The summed E-state index contributed by atoms with van der Waals surface area (Å²) in [6.07, 6.45) is 0. The Kier molecular flexibility index (Phi) is 6.28. The van der Waals surface area contributed by atoms with E-state index in [1.165, 1.54) is 24.3 Å². The topological polar surface area (TPSA) is 89.2 Å². The zero-order chi connectivity index (χ0) is 19.9. The third-order valence-corrected chi connectivity index (χ3v) is 3.75. The first kappa shape index (κ1) is 19.4. The van der Waals surface area contributed by atoms with Gasteiger partial charge in [0.05, 0.1) is 6.54 Å². The van der Waals surface area contributed by atoms with Crippen molar-refractivity contribution in [3.63, 3.8) is 0 Å². The van der Waals surface area contributed by atoms with Crippen LogP contribution in [-0.2, 0) is 6.54 Å². The van der Waals surface area contributed by atoms with Gasteiger partial charge in [0.15, 0.2) is 0 Å². The van der Waals surface area contributed by atoms with Crippen LogP contribution in [0.3, 0.4) is 0 Å². The van der Waals surface area contributed by atoms with Crippen molar-refractivity contribution in [1.82, 2.24) is 19.9 Å². The Bertz CT molecular complexity index is 923. The normalized spacial score (nSPS) is 10.9. The maximum absolute atomic E-state index is 13.1. The van der Waals surface area contributed by atoms with Crippen molar-refractivity contribution >= 4 is 17.6 Å². The van der Waals surface area contributed by atoms with Crippen LogP contribution < -0.4 is 15.8 Å². The zero-order valence-electron chi connectivity index (χ0n) is 15.3. The summed E-state index contributed by atoms with van der Waals surface area (Å²) in [5.74, 6) is 0.641. The first-order valence-electron chi connectivity index (χ1n) is 8.58. The van der Waals surface area contributed by atoms with Crippen LogP contribution in [0.4, 0.5) is 26.4 Å². The highest BCUT2D eigenvalue weighted by Gasteiger charge is 2.08. The number of nitrogens with two attached hydrogens (primary N) is 1. The molecule has 3 aromatic rings. The summed E-state index contributed by atoms with van der Waals surface area (Å²) in [5, 5.41) is 2.97. The molecular formula is C19H20F2N6O. The number of hydrogen-bond donors (Lipinski definition) is 2. The average molecular weight is 386 g/mol. The van der Waals surface area contributed by atoms with Gasteiger partial charge in [-0.2, -0.15) is 15.0 Å². The van der Waals surface area contributed by atoms with E-state index in [2.05, 4.69) is 20.3 Å². The van der Waals surface area contributed by atoms with Crippen LogP contribution in [0.15, 0.2) is 48.5 Å². The molecule has 0 atom stereocenters. The van der Waals surface area contributed by atoms with Gasteiger partial charge in [0.25, 0.3) is 0 Å². The van der Waals surface area contributed by atoms with Gasteiger partial charge in [0, 0.05) is 18.3 Å². The lowest BCUT2D eigenvalue weighted by Gasteiger charge is -2.16. The van der Waals surface area contributed by atoms with Gasteiger partial charge in [-0.25, -0.2) is 8.78 Å². The number of nitrogen functional groups attached to an aromatic ring is 1. The van der Waals surface area contributed by atoms with Crippen molar-refractivity contribution in [2.75, 3.05) is 31.2 Å². The molecule has 0 fully saturated rings. The second-order valence-electron chi connectivity index (χ2n) is 6.11. The summed E-state index contributed by atoms with van der Waals surface area (Å²) in [5.41, 5.74) is 6.40. The Morgan fingerprint density at radius 2 is 1.82 bits per heavy atom. The Morgan fingerprint density at radius 1 is 1.04 bits per heavy atom. The maximum atomic E-state index is 13.1. The molecule has 3 rings (SSSR count). The number of likely N-dealkylation sites (N-methyl/N-ethyl adjacent to an activating group) is 1. The van der Waals surface area contributed by atoms with Gasteiger partial charge in [-0.1, -0.05) is 6.07 Å². The molecule has 2 aromatic carbocycles. The monoisotopic (exact) mass is 386 g/mol. The van der Waals surface area contributed by atoms with Crippen LogP contribution in [0.2, 0.25) is 0 Å². The van der Waals surface area contributed by atoms with E-state index in [9.17, 15) is 8.78 Å². The highest BCUT2D eigenvalue weighted by Crippen LogP contribution is 2.15. The molecule has 9 heteroatoms. The molecule has 1 heterocycles. The second kappa shape index (κ2) is 9.05. The van der Waals surface area contributed by atoms with Gasteiger partial charge in [-0.05, 0) is 43.4 Å². The number of nitrogens with one attached hydrogen (secondary N) is 1. The zero-order valence-corrected chi connectivity index (χ0v) is 15.3. The molecule has 0 aliphatic heterocycles. The number of hydrogen-bond acceptors (Lipinski definition) is 7. The van der Waals surface area contributed by atoms with Crippen LogP contribution >= 0.6 is 0 Å². The van der Waals surface area contributed by atoms with Crippen molar-refractivity contribution in [2.24, 2.45) is 0 Å². The van der Waals surface area contributed by atoms with Gasteiger partial charge in [0.1, 0.15) is 29.8 Å². The number of halogens is 2. The molecule has 0 saturated carbocycles. The number of ether oxygens (including phenoxy) is 1. The van der Waals surface area contributed by atoms with Crippen molar-refractivity contribution in [1.29, 1.82) is 0 Å².